The van der Waals surface area contributed by atoms with Crippen molar-refractivity contribution in [3.05, 3.63) is 53.2 Å². The van der Waals surface area contributed by atoms with Gasteiger partial charge in [-0.25, -0.2) is 28.1 Å². The highest BCUT2D eigenvalue weighted by molar-refractivity contribution is 5.90. The van der Waals surface area contributed by atoms with Gasteiger partial charge < -0.3 is 15.5 Å². The molecule has 3 aromatic rings. The summed E-state index contributed by atoms with van der Waals surface area (Å²) in [5.41, 5.74) is 0.229. The van der Waals surface area contributed by atoms with E-state index >= 15 is 0 Å². The summed E-state index contributed by atoms with van der Waals surface area (Å²) in [7, 11) is 0. The van der Waals surface area contributed by atoms with Gasteiger partial charge in [0.05, 0.1) is 23.3 Å². The van der Waals surface area contributed by atoms with Crippen LogP contribution in [0.15, 0.2) is 30.5 Å². The van der Waals surface area contributed by atoms with Crippen molar-refractivity contribution in [2.75, 3.05) is 36.4 Å². The minimum Gasteiger partial charge on any atom is -0.363 e. The second-order valence-electron chi connectivity index (χ2n) is 7.69. The van der Waals surface area contributed by atoms with E-state index in [-0.39, 0.29) is 5.56 Å². The monoisotopic (exact) mass is 430 g/mol. The molecule has 0 aliphatic carbocycles. The van der Waals surface area contributed by atoms with E-state index in [1.54, 1.807) is 20.0 Å². The van der Waals surface area contributed by atoms with Gasteiger partial charge >= 0.3 is 0 Å². The van der Waals surface area contributed by atoms with Crippen LogP contribution in [0, 0.1) is 12.7 Å². The van der Waals surface area contributed by atoms with Gasteiger partial charge in [-0.2, -0.15) is 0 Å². The lowest BCUT2D eigenvalue weighted by atomic mass is 10.0. The summed E-state index contributed by atoms with van der Waals surface area (Å²) in [5.74, 6) is 0.989. The number of pyridine rings is 1. The highest BCUT2D eigenvalue weighted by atomic mass is 19.3. The molecule has 0 spiro atoms. The van der Waals surface area contributed by atoms with Gasteiger partial charge in [0, 0.05) is 30.6 Å². The molecule has 0 saturated carbocycles. The van der Waals surface area contributed by atoms with E-state index in [0.717, 1.165) is 49.9 Å². The number of fused-ring (bicyclic) bond motifs is 1. The highest BCUT2D eigenvalue weighted by Gasteiger charge is 2.21. The Morgan fingerprint density at radius 2 is 1.94 bits per heavy atom. The fourth-order valence-corrected chi connectivity index (χ4v) is 3.85. The second kappa shape index (κ2) is 9.05. The van der Waals surface area contributed by atoms with Gasteiger partial charge in [0.2, 0.25) is 0 Å². The van der Waals surface area contributed by atoms with Crippen molar-refractivity contribution in [3.8, 4) is 0 Å². The number of aryl methyl sites for hydroxylation is 1. The van der Waals surface area contributed by atoms with Gasteiger partial charge in [-0.3, -0.25) is 0 Å². The number of nitrogens with zero attached hydrogens (tertiary/aromatic N) is 4. The summed E-state index contributed by atoms with van der Waals surface area (Å²) >= 11 is 0. The maximum Gasteiger partial charge on any atom is 0.266 e. The summed E-state index contributed by atoms with van der Waals surface area (Å²) in [6.07, 6.45) is -0.136. The van der Waals surface area contributed by atoms with Crippen LogP contribution in [-0.4, -0.2) is 41.1 Å². The van der Waals surface area contributed by atoms with Crippen LogP contribution in [0.5, 0.6) is 0 Å². The molecule has 1 fully saturated rings. The number of hydrogen-bond donors (Lipinski definition) is 2. The maximum absolute atomic E-state index is 14.6. The Morgan fingerprint density at radius 3 is 2.74 bits per heavy atom. The smallest absolute Gasteiger partial charge is 0.266 e. The molecule has 2 aromatic heterocycles. The van der Waals surface area contributed by atoms with Crippen LogP contribution >= 0.6 is 0 Å². The van der Waals surface area contributed by atoms with Crippen LogP contribution in [0.4, 0.5) is 24.8 Å². The minimum atomic E-state index is -2.87. The summed E-state index contributed by atoms with van der Waals surface area (Å²) in [6, 6.07) is 5.41. The van der Waals surface area contributed by atoms with Crippen LogP contribution in [0.25, 0.3) is 10.9 Å². The molecule has 1 saturated heterocycles. The molecule has 0 unspecified atom stereocenters. The fourth-order valence-electron chi connectivity index (χ4n) is 3.85. The zero-order valence-electron chi connectivity index (χ0n) is 17.5. The van der Waals surface area contributed by atoms with Gasteiger partial charge in [-0.1, -0.05) is 18.2 Å². The second-order valence-corrected chi connectivity index (χ2v) is 7.69. The van der Waals surface area contributed by atoms with E-state index in [9.17, 15) is 13.2 Å². The molecule has 4 rings (SSSR count). The van der Waals surface area contributed by atoms with E-state index in [2.05, 4.69) is 30.5 Å². The molecule has 2 N–H and O–H groups in total. The number of hydrogen-bond acceptors (Lipinski definition) is 6. The number of benzene rings is 1. The van der Waals surface area contributed by atoms with Gasteiger partial charge in [0.1, 0.15) is 23.3 Å². The molecule has 164 valence electrons. The summed E-state index contributed by atoms with van der Waals surface area (Å²) in [5, 5.41) is 7.32. The normalized spacial score (nSPS) is 15.9. The van der Waals surface area contributed by atoms with Crippen molar-refractivity contribution in [3.63, 3.8) is 0 Å². The molecule has 1 aliphatic heterocycles. The minimum absolute atomic E-state index is 0.162. The van der Waals surface area contributed by atoms with E-state index < -0.39 is 23.8 Å². The molecule has 1 aliphatic rings. The van der Waals surface area contributed by atoms with Crippen LogP contribution in [-0.2, 0) is 0 Å². The Labute approximate surface area is 178 Å². The Bertz CT molecular complexity index is 1070. The Hall–Kier alpha value is -2.94. The standard InChI is InChI=1S/C22H25F3N6/c1-13(15-5-3-6-16(20(15)23)21(24)25)28-22-17-11-19(31-9-4-7-26-8-10-31)27-12-18(17)29-14(2)30-22/h3,5-6,11-13,21,26H,4,7-10H2,1-2H3,(H,28,29,30)/t13-/m1/s1. The van der Waals surface area contributed by atoms with Crippen LogP contribution in [0.1, 0.15) is 42.8 Å². The summed E-state index contributed by atoms with van der Waals surface area (Å²) in [6.45, 7) is 7.08. The molecule has 0 bridgehead atoms. The first-order valence-corrected chi connectivity index (χ1v) is 10.4. The first-order chi connectivity index (χ1) is 14.9. The maximum atomic E-state index is 14.6. The average molecular weight is 430 g/mol. The Morgan fingerprint density at radius 1 is 1.13 bits per heavy atom. The largest absolute Gasteiger partial charge is 0.363 e. The third kappa shape index (κ3) is 4.56. The van der Waals surface area contributed by atoms with E-state index in [1.807, 2.05) is 6.07 Å². The molecular weight excluding hydrogens is 405 g/mol. The van der Waals surface area contributed by atoms with Crippen molar-refractivity contribution in [1.82, 2.24) is 20.3 Å². The van der Waals surface area contributed by atoms with Crippen molar-refractivity contribution < 1.29 is 13.2 Å². The van der Waals surface area contributed by atoms with Crippen molar-refractivity contribution in [1.29, 1.82) is 0 Å². The van der Waals surface area contributed by atoms with Gasteiger partial charge in [-0.15, -0.1) is 0 Å². The molecule has 0 radical (unpaired) electrons. The predicted molar refractivity (Wildman–Crippen MR) is 115 cm³/mol. The first-order valence-electron chi connectivity index (χ1n) is 10.4. The summed E-state index contributed by atoms with van der Waals surface area (Å²) < 4.78 is 40.9. The zero-order chi connectivity index (χ0) is 22.0. The Kier molecular flexibility index (Phi) is 6.22. The number of anilines is 2. The first kappa shape index (κ1) is 21.3. The topological polar surface area (TPSA) is 66.0 Å². The molecule has 1 atom stereocenters. The number of aromatic nitrogens is 3. The van der Waals surface area contributed by atoms with E-state index in [0.29, 0.717) is 17.2 Å². The third-order valence-corrected chi connectivity index (χ3v) is 5.46. The quantitative estimate of drug-likeness (QED) is 0.626. The molecular formula is C22H25F3N6. The molecule has 6 nitrogen and oxygen atoms in total. The lowest BCUT2D eigenvalue weighted by Crippen LogP contribution is -2.28. The van der Waals surface area contributed by atoms with Gasteiger partial charge in [0.25, 0.3) is 6.43 Å². The zero-order valence-corrected chi connectivity index (χ0v) is 17.5. The van der Waals surface area contributed by atoms with E-state index in [4.69, 9.17) is 0 Å². The lowest BCUT2D eigenvalue weighted by Gasteiger charge is -2.22. The predicted octanol–water partition coefficient (Wildman–Crippen LogP) is 4.38. The summed E-state index contributed by atoms with van der Waals surface area (Å²) in [4.78, 5) is 15.7. The number of nitrogens with one attached hydrogen (secondary N) is 2. The average Bonchev–Trinajstić information content (AvgIpc) is 3.03. The molecule has 3 heterocycles. The number of alkyl halides is 2. The van der Waals surface area contributed by atoms with Crippen LogP contribution < -0.4 is 15.5 Å². The fraction of sp³-hybridized carbons (Fsp3) is 0.409. The van der Waals surface area contributed by atoms with Gasteiger partial charge in [-0.05, 0) is 32.9 Å². The molecule has 9 heteroatoms. The van der Waals surface area contributed by atoms with Crippen LogP contribution in [0.2, 0.25) is 0 Å². The SMILES string of the molecule is Cc1nc(N[C@H](C)c2cccc(C(F)F)c2F)c2cc(N3CCCNCC3)ncc2n1. The molecule has 31 heavy (non-hydrogen) atoms. The number of halogens is 3. The lowest BCUT2D eigenvalue weighted by molar-refractivity contribution is 0.146. The third-order valence-electron chi connectivity index (χ3n) is 5.46. The van der Waals surface area contributed by atoms with Crippen molar-refractivity contribution in [2.24, 2.45) is 0 Å². The molecule has 1 aromatic carbocycles. The number of rotatable bonds is 5. The van der Waals surface area contributed by atoms with Crippen molar-refractivity contribution >= 4 is 22.5 Å². The van der Waals surface area contributed by atoms with E-state index in [1.165, 1.54) is 12.1 Å². The van der Waals surface area contributed by atoms with Crippen LogP contribution in [0.3, 0.4) is 0 Å². The Balaban J connectivity index is 1.69. The van der Waals surface area contributed by atoms with Gasteiger partial charge in [0.15, 0.2) is 0 Å². The molecule has 0 amide bonds. The van der Waals surface area contributed by atoms with Crippen molar-refractivity contribution in [2.45, 2.75) is 32.7 Å². The highest BCUT2D eigenvalue weighted by Crippen LogP contribution is 2.31.